The van der Waals surface area contributed by atoms with Crippen LogP contribution in [0.25, 0.3) is 22.2 Å². The van der Waals surface area contributed by atoms with Crippen molar-refractivity contribution in [3.05, 3.63) is 93.2 Å². The van der Waals surface area contributed by atoms with Crippen LogP contribution in [0.15, 0.2) is 71.3 Å². The van der Waals surface area contributed by atoms with Crippen LogP contribution in [0.4, 0.5) is 0 Å². The van der Waals surface area contributed by atoms with Gasteiger partial charge in [-0.1, -0.05) is 64.8 Å². The maximum Gasteiger partial charge on any atom is 0.304 e. The van der Waals surface area contributed by atoms with Gasteiger partial charge in [0, 0.05) is 33.6 Å². The highest BCUT2D eigenvalue weighted by Crippen LogP contribution is 2.33. The summed E-state index contributed by atoms with van der Waals surface area (Å²) >= 11 is 9.84. The molecule has 1 atom stereocenters. The van der Waals surface area contributed by atoms with Gasteiger partial charge >= 0.3 is 5.97 Å². The molecule has 0 unspecified atom stereocenters. The van der Waals surface area contributed by atoms with Gasteiger partial charge in [-0.3, -0.25) is 14.6 Å². The van der Waals surface area contributed by atoms with Crippen molar-refractivity contribution in [1.82, 2.24) is 15.3 Å². The molecule has 4 aromatic rings. The van der Waals surface area contributed by atoms with Gasteiger partial charge in [-0.25, -0.2) is 4.98 Å². The van der Waals surface area contributed by atoms with Crippen molar-refractivity contribution in [2.45, 2.75) is 25.7 Å². The Balaban J connectivity index is 1.78. The molecule has 6 nitrogen and oxygen atoms in total. The molecule has 0 aliphatic rings. The Morgan fingerprint density at radius 3 is 2.54 bits per heavy atom. The summed E-state index contributed by atoms with van der Waals surface area (Å²) in [6, 6.07) is 18.6. The van der Waals surface area contributed by atoms with E-state index in [1.807, 2.05) is 55.5 Å². The van der Waals surface area contributed by atoms with Gasteiger partial charge in [-0.2, -0.15) is 0 Å². The molecule has 2 N–H and O–H groups in total. The largest absolute Gasteiger partial charge is 0.481 e. The SMILES string of the molecule is Cc1c(-c2ccccc2)nc2ccc(Br)cc2c1C(=O)NC[C@](C)(CC(=O)O)c1ncccc1Cl. The number of hydrogen-bond acceptors (Lipinski definition) is 4. The summed E-state index contributed by atoms with van der Waals surface area (Å²) in [5, 5.41) is 13.6. The molecule has 8 heteroatoms. The number of carboxylic acid groups (broad SMARTS) is 1. The molecule has 0 spiro atoms. The van der Waals surface area contributed by atoms with Gasteiger partial charge in [0.25, 0.3) is 5.91 Å². The minimum absolute atomic E-state index is 0.0345. The van der Waals surface area contributed by atoms with Crippen LogP contribution in [0.2, 0.25) is 5.02 Å². The zero-order valence-corrected chi connectivity index (χ0v) is 21.5. The Hall–Kier alpha value is -3.29. The summed E-state index contributed by atoms with van der Waals surface area (Å²) in [5.41, 5.74) is 2.93. The Bertz CT molecular complexity index is 1430. The van der Waals surface area contributed by atoms with Crippen LogP contribution in [0.1, 0.15) is 35.0 Å². The normalized spacial score (nSPS) is 12.8. The lowest BCUT2D eigenvalue weighted by atomic mass is 9.82. The number of amides is 1. The minimum Gasteiger partial charge on any atom is -0.481 e. The first-order valence-electron chi connectivity index (χ1n) is 11.0. The van der Waals surface area contributed by atoms with Gasteiger partial charge in [0.15, 0.2) is 0 Å². The highest BCUT2D eigenvalue weighted by molar-refractivity contribution is 9.10. The fourth-order valence-electron chi connectivity index (χ4n) is 4.26. The van der Waals surface area contributed by atoms with Crippen molar-refractivity contribution in [2.75, 3.05) is 6.54 Å². The van der Waals surface area contributed by atoms with Crippen LogP contribution in [0.5, 0.6) is 0 Å². The zero-order valence-electron chi connectivity index (χ0n) is 19.2. The Morgan fingerprint density at radius 1 is 1.11 bits per heavy atom. The van der Waals surface area contributed by atoms with E-state index < -0.39 is 11.4 Å². The van der Waals surface area contributed by atoms with Crippen molar-refractivity contribution in [2.24, 2.45) is 0 Å². The molecule has 2 aromatic carbocycles. The average Bonchev–Trinajstić information content (AvgIpc) is 2.82. The second-order valence-electron chi connectivity index (χ2n) is 8.64. The van der Waals surface area contributed by atoms with Gasteiger partial charge in [0.2, 0.25) is 0 Å². The van der Waals surface area contributed by atoms with Crippen LogP contribution < -0.4 is 5.32 Å². The number of carbonyl (C=O) groups is 2. The molecule has 2 heterocycles. The van der Waals surface area contributed by atoms with E-state index in [1.165, 1.54) is 0 Å². The quantitative estimate of drug-likeness (QED) is 0.285. The third-order valence-corrected chi connectivity index (χ3v) is 6.77. The second kappa shape index (κ2) is 10.1. The molecule has 0 saturated carbocycles. The van der Waals surface area contributed by atoms with Gasteiger partial charge in [0.1, 0.15) is 0 Å². The van der Waals surface area contributed by atoms with Gasteiger partial charge in [-0.15, -0.1) is 0 Å². The molecular formula is C27H23BrClN3O3. The monoisotopic (exact) mass is 551 g/mol. The maximum atomic E-state index is 13.7. The fourth-order valence-corrected chi connectivity index (χ4v) is 4.97. The summed E-state index contributed by atoms with van der Waals surface area (Å²) in [5.74, 6) is -1.34. The first kappa shape index (κ1) is 24.8. The molecule has 2 aromatic heterocycles. The summed E-state index contributed by atoms with van der Waals surface area (Å²) in [7, 11) is 0. The van der Waals surface area contributed by atoms with E-state index in [9.17, 15) is 14.7 Å². The van der Waals surface area contributed by atoms with Crippen molar-refractivity contribution in [1.29, 1.82) is 0 Å². The second-order valence-corrected chi connectivity index (χ2v) is 9.96. The predicted molar refractivity (Wildman–Crippen MR) is 141 cm³/mol. The number of carboxylic acids is 1. The molecule has 0 radical (unpaired) electrons. The number of pyridine rings is 2. The maximum absolute atomic E-state index is 13.7. The lowest BCUT2D eigenvalue weighted by molar-refractivity contribution is -0.138. The molecule has 35 heavy (non-hydrogen) atoms. The molecule has 0 fully saturated rings. The number of nitrogens with one attached hydrogen (secondary N) is 1. The van der Waals surface area contributed by atoms with Crippen molar-refractivity contribution >= 4 is 50.3 Å². The van der Waals surface area contributed by atoms with E-state index in [2.05, 4.69) is 26.2 Å². The van der Waals surface area contributed by atoms with Gasteiger partial charge < -0.3 is 10.4 Å². The van der Waals surface area contributed by atoms with Crippen molar-refractivity contribution < 1.29 is 14.7 Å². The summed E-state index contributed by atoms with van der Waals surface area (Å²) < 4.78 is 0.823. The molecule has 178 valence electrons. The number of fused-ring (bicyclic) bond motifs is 1. The number of aliphatic carboxylic acids is 1. The van der Waals surface area contributed by atoms with Crippen molar-refractivity contribution in [3.63, 3.8) is 0 Å². The lowest BCUT2D eigenvalue weighted by Gasteiger charge is -2.28. The number of hydrogen-bond donors (Lipinski definition) is 2. The minimum atomic E-state index is -1.01. The smallest absolute Gasteiger partial charge is 0.304 e. The molecule has 0 aliphatic carbocycles. The van der Waals surface area contributed by atoms with Crippen LogP contribution >= 0.6 is 27.5 Å². The van der Waals surface area contributed by atoms with Crippen LogP contribution in [0, 0.1) is 6.92 Å². The molecule has 1 amide bonds. The highest BCUT2D eigenvalue weighted by atomic mass is 79.9. The molecule has 4 rings (SSSR count). The number of nitrogens with zero attached hydrogens (tertiary/aromatic N) is 2. The summed E-state index contributed by atoms with van der Waals surface area (Å²) in [6.07, 6.45) is 1.31. The van der Waals surface area contributed by atoms with Gasteiger partial charge in [-0.05, 0) is 42.8 Å². The third kappa shape index (κ3) is 5.21. The zero-order chi connectivity index (χ0) is 25.2. The topological polar surface area (TPSA) is 92.2 Å². The standard InChI is InChI=1S/C27H23BrClN3O3/c1-16-23(19-13-18(28)10-11-21(19)32-24(16)17-7-4-3-5-8-17)26(35)31-15-27(2,14-22(33)34)25-20(29)9-6-12-30-25/h3-13H,14-15H2,1-2H3,(H,31,35)(H,33,34)/t27-/m0/s1. The average molecular weight is 553 g/mol. The number of benzene rings is 2. The van der Waals surface area contributed by atoms with Gasteiger partial charge in [0.05, 0.1) is 33.9 Å². The number of rotatable bonds is 7. The molecular weight excluding hydrogens is 530 g/mol. The summed E-state index contributed by atoms with van der Waals surface area (Å²) in [4.78, 5) is 34.5. The first-order valence-corrected chi connectivity index (χ1v) is 12.1. The fraction of sp³-hybridized carbons (Fsp3) is 0.185. The third-order valence-electron chi connectivity index (χ3n) is 5.98. The Morgan fingerprint density at radius 2 is 1.86 bits per heavy atom. The number of halogens is 2. The first-order chi connectivity index (χ1) is 16.7. The van der Waals surface area contributed by atoms with Crippen LogP contribution in [-0.2, 0) is 10.2 Å². The molecule has 0 saturated heterocycles. The van der Waals surface area contributed by atoms with E-state index in [-0.39, 0.29) is 18.9 Å². The lowest BCUT2D eigenvalue weighted by Crippen LogP contribution is -2.41. The molecule has 0 bridgehead atoms. The Labute approximate surface area is 216 Å². The number of carbonyl (C=O) groups excluding carboxylic acids is 1. The van der Waals surface area contributed by atoms with Crippen molar-refractivity contribution in [3.8, 4) is 11.3 Å². The van der Waals surface area contributed by atoms with Crippen LogP contribution in [0.3, 0.4) is 0 Å². The Kier molecular flexibility index (Phi) is 7.19. The van der Waals surface area contributed by atoms with E-state index >= 15 is 0 Å². The summed E-state index contributed by atoms with van der Waals surface area (Å²) in [6.45, 7) is 3.64. The number of aromatic nitrogens is 2. The molecule has 0 aliphatic heterocycles. The van der Waals surface area contributed by atoms with Crippen LogP contribution in [-0.4, -0.2) is 33.5 Å². The van der Waals surface area contributed by atoms with E-state index in [0.29, 0.717) is 32.9 Å². The van der Waals surface area contributed by atoms with E-state index in [0.717, 1.165) is 15.6 Å². The van der Waals surface area contributed by atoms with E-state index in [1.54, 1.807) is 25.3 Å². The predicted octanol–water partition coefficient (Wildman–Crippen LogP) is 6.18. The van der Waals surface area contributed by atoms with E-state index in [4.69, 9.17) is 16.6 Å². The highest BCUT2D eigenvalue weighted by Gasteiger charge is 2.34.